The Morgan fingerprint density at radius 1 is 1.57 bits per heavy atom. The van der Waals surface area contributed by atoms with Crippen LogP contribution in [0.2, 0.25) is 0 Å². The van der Waals surface area contributed by atoms with Gasteiger partial charge in [-0.2, -0.15) is 0 Å². The highest BCUT2D eigenvalue weighted by atomic mass is 16.1. The van der Waals surface area contributed by atoms with E-state index < -0.39 is 0 Å². The van der Waals surface area contributed by atoms with Crippen LogP contribution in [0.3, 0.4) is 0 Å². The van der Waals surface area contributed by atoms with E-state index in [1.165, 1.54) is 0 Å². The van der Waals surface area contributed by atoms with Crippen LogP contribution in [0.25, 0.3) is 0 Å². The van der Waals surface area contributed by atoms with Crippen LogP contribution >= 0.6 is 0 Å². The van der Waals surface area contributed by atoms with Gasteiger partial charge in [-0.1, -0.05) is 25.1 Å². The van der Waals surface area contributed by atoms with Gasteiger partial charge in [0.25, 0.3) is 0 Å². The third kappa shape index (κ3) is 1.13. The highest BCUT2D eigenvalue weighted by Crippen LogP contribution is 2.34. The number of hydrogen-bond acceptors (Lipinski definition) is 2. The van der Waals surface area contributed by atoms with E-state index in [-0.39, 0.29) is 17.5 Å². The van der Waals surface area contributed by atoms with Gasteiger partial charge in [0, 0.05) is 17.5 Å². The summed E-state index contributed by atoms with van der Waals surface area (Å²) in [6.07, 6.45) is 0.541. The topological polar surface area (TPSA) is 66.9 Å². The van der Waals surface area contributed by atoms with Crippen molar-refractivity contribution in [3.63, 3.8) is 0 Å². The molecule has 0 spiro atoms. The van der Waals surface area contributed by atoms with Crippen molar-refractivity contribution in [3.05, 3.63) is 34.9 Å². The first-order valence-electron chi connectivity index (χ1n) is 4.61. The second-order valence-corrected chi connectivity index (χ2v) is 3.71. The average Bonchev–Trinajstić information content (AvgIpc) is 2.43. The number of Topliss-reactive ketones (excluding diaryl/α,β-unsaturated/α-hetero) is 1. The quantitative estimate of drug-likeness (QED) is 0.520. The molecule has 0 radical (unpaired) electrons. The summed E-state index contributed by atoms with van der Waals surface area (Å²) in [4.78, 5) is 11.5. The molecule has 0 saturated heterocycles. The van der Waals surface area contributed by atoms with Gasteiger partial charge < -0.3 is 5.73 Å². The van der Waals surface area contributed by atoms with E-state index in [0.29, 0.717) is 12.0 Å². The maximum absolute atomic E-state index is 11.5. The summed E-state index contributed by atoms with van der Waals surface area (Å²) in [5.41, 5.74) is 7.87. The third-order valence-corrected chi connectivity index (χ3v) is 2.68. The van der Waals surface area contributed by atoms with E-state index >= 15 is 0 Å². The fourth-order valence-electron chi connectivity index (χ4n) is 2.06. The van der Waals surface area contributed by atoms with Crippen LogP contribution in [0, 0.1) is 5.41 Å². The van der Waals surface area contributed by atoms with Crippen LogP contribution in [0.15, 0.2) is 18.2 Å². The zero-order valence-electron chi connectivity index (χ0n) is 8.00. The smallest absolute Gasteiger partial charge is 0.163 e. The molecule has 0 fully saturated rings. The number of carbonyl (C=O) groups is 1. The zero-order chi connectivity index (χ0) is 10.3. The van der Waals surface area contributed by atoms with Gasteiger partial charge in [0.05, 0.1) is 0 Å². The lowest BCUT2D eigenvalue weighted by Gasteiger charge is -2.09. The molecule has 0 bridgehead atoms. The monoisotopic (exact) mass is 188 g/mol. The van der Waals surface area contributed by atoms with Gasteiger partial charge in [0.1, 0.15) is 5.84 Å². The van der Waals surface area contributed by atoms with Crippen molar-refractivity contribution in [2.75, 3.05) is 0 Å². The van der Waals surface area contributed by atoms with Gasteiger partial charge >= 0.3 is 0 Å². The van der Waals surface area contributed by atoms with Crippen molar-refractivity contribution in [3.8, 4) is 0 Å². The summed E-state index contributed by atoms with van der Waals surface area (Å²) in [5, 5.41) is 7.43. The molecule has 1 aliphatic rings. The van der Waals surface area contributed by atoms with Crippen molar-refractivity contribution in [2.45, 2.75) is 19.3 Å². The first kappa shape index (κ1) is 8.94. The van der Waals surface area contributed by atoms with Crippen molar-refractivity contribution >= 4 is 11.6 Å². The molecule has 3 heteroatoms. The molecule has 14 heavy (non-hydrogen) atoms. The SMILES string of the molecule is CC1CC(=O)c2cccc(C(=N)N)c21. The molecule has 0 saturated carbocycles. The molecule has 1 unspecified atom stereocenters. The minimum Gasteiger partial charge on any atom is -0.384 e. The van der Waals surface area contributed by atoms with Gasteiger partial charge in [0.2, 0.25) is 0 Å². The minimum absolute atomic E-state index is 0.0448. The summed E-state index contributed by atoms with van der Waals surface area (Å²) in [7, 11) is 0. The molecular formula is C11H12N2O. The Hall–Kier alpha value is -1.64. The molecule has 3 nitrogen and oxygen atoms in total. The van der Waals surface area contributed by atoms with E-state index in [9.17, 15) is 4.79 Å². The van der Waals surface area contributed by atoms with Crippen LogP contribution in [0.4, 0.5) is 0 Å². The standard InChI is InChI=1S/C11H12N2O/c1-6-5-9(14)7-3-2-4-8(10(6)7)11(12)13/h2-4,6H,5H2,1H3,(H3,12,13). The van der Waals surface area contributed by atoms with E-state index in [0.717, 1.165) is 11.1 Å². The number of benzene rings is 1. The number of fused-ring (bicyclic) bond motifs is 1. The summed E-state index contributed by atoms with van der Waals surface area (Å²) >= 11 is 0. The Morgan fingerprint density at radius 3 is 2.93 bits per heavy atom. The molecule has 2 rings (SSSR count). The maximum Gasteiger partial charge on any atom is 0.163 e. The van der Waals surface area contributed by atoms with Crippen molar-refractivity contribution in [1.82, 2.24) is 0 Å². The Kier molecular flexibility index (Phi) is 1.88. The Labute approximate surface area is 82.4 Å². The second kappa shape index (κ2) is 2.94. The fourth-order valence-corrected chi connectivity index (χ4v) is 2.06. The molecule has 1 aromatic rings. The molecule has 1 atom stereocenters. The molecule has 1 aliphatic carbocycles. The van der Waals surface area contributed by atoms with Crippen LogP contribution in [-0.4, -0.2) is 11.6 Å². The highest BCUT2D eigenvalue weighted by molar-refractivity contribution is 6.06. The number of nitrogens with two attached hydrogens (primary N) is 1. The number of rotatable bonds is 1. The molecule has 0 heterocycles. The second-order valence-electron chi connectivity index (χ2n) is 3.71. The van der Waals surface area contributed by atoms with Gasteiger partial charge in [-0.25, -0.2) is 0 Å². The van der Waals surface area contributed by atoms with Gasteiger partial charge in [0.15, 0.2) is 5.78 Å². The summed E-state index contributed by atoms with van der Waals surface area (Å²) in [6, 6.07) is 5.40. The number of amidine groups is 1. The number of nitrogen functional groups attached to an aromatic ring is 1. The van der Waals surface area contributed by atoms with Crippen molar-refractivity contribution in [1.29, 1.82) is 5.41 Å². The van der Waals surface area contributed by atoms with E-state index in [4.69, 9.17) is 11.1 Å². The van der Waals surface area contributed by atoms with E-state index in [1.54, 1.807) is 12.1 Å². The number of ketones is 1. The Bertz CT molecular complexity index is 423. The molecule has 1 aromatic carbocycles. The van der Waals surface area contributed by atoms with Crippen LogP contribution < -0.4 is 5.73 Å². The Morgan fingerprint density at radius 2 is 2.29 bits per heavy atom. The number of carbonyl (C=O) groups excluding carboxylic acids is 1. The highest BCUT2D eigenvalue weighted by Gasteiger charge is 2.28. The third-order valence-electron chi connectivity index (χ3n) is 2.68. The van der Waals surface area contributed by atoms with Crippen LogP contribution in [0.5, 0.6) is 0 Å². The van der Waals surface area contributed by atoms with Gasteiger partial charge in [-0.15, -0.1) is 0 Å². The lowest BCUT2D eigenvalue weighted by molar-refractivity contribution is 0.0990. The molecule has 0 amide bonds. The first-order chi connectivity index (χ1) is 6.61. The summed E-state index contributed by atoms with van der Waals surface area (Å²) < 4.78 is 0. The molecule has 3 N–H and O–H groups in total. The summed E-state index contributed by atoms with van der Waals surface area (Å²) in [5.74, 6) is 0.400. The van der Waals surface area contributed by atoms with E-state index in [2.05, 4.69) is 0 Å². The predicted molar refractivity (Wildman–Crippen MR) is 54.8 cm³/mol. The Balaban J connectivity index is 2.68. The van der Waals surface area contributed by atoms with Crippen LogP contribution in [-0.2, 0) is 0 Å². The number of hydrogen-bond donors (Lipinski definition) is 2. The predicted octanol–water partition coefficient (Wildman–Crippen LogP) is 1.66. The molecular weight excluding hydrogens is 176 g/mol. The lowest BCUT2D eigenvalue weighted by Crippen LogP contribution is -2.14. The zero-order valence-corrected chi connectivity index (χ0v) is 8.00. The first-order valence-corrected chi connectivity index (χ1v) is 4.61. The van der Waals surface area contributed by atoms with Crippen molar-refractivity contribution < 1.29 is 4.79 Å². The van der Waals surface area contributed by atoms with Crippen molar-refractivity contribution in [2.24, 2.45) is 5.73 Å². The van der Waals surface area contributed by atoms with E-state index in [1.807, 2.05) is 13.0 Å². The molecule has 0 aromatic heterocycles. The minimum atomic E-state index is 0.0448. The molecule has 72 valence electrons. The lowest BCUT2D eigenvalue weighted by atomic mass is 9.97. The van der Waals surface area contributed by atoms with Gasteiger partial charge in [-0.3, -0.25) is 10.2 Å². The largest absolute Gasteiger partial charge is 0.384 e. The fraction of sp³-hybridized carbons (Fsp3) is 0.273. The molecule has 0 aliphatic heterocycles. The maximum atomic E-state index is 11.5. The van der Waals surface area contributed by atoms with Crippen LogP contribution in [0.1, 0.15) is 40.7 Å². The van der Waals surface area contributed by atoms with Gasteiger partial charge in [-0.05, 0) is 11.5 Å². The average molecular weight is 188 g/mol. The normalized spacial score (nSPS) is 19.5. The summed E-state index contributed by atoms with van der Waals surface area (Å²) in [6.45, 7) is 2.00. The number of nitrogens with one attached hydrogen (secondary N) is 1.